The first-order valence-corrected chi connectivity index (χ1v) is 9.39. The Morgan fingerprint density at radius 1 is 1.04 bits per heavy atom. The highest BCUT2D eigenvalue weighted by atomic mass is 32.2. The smallest absolute Gasteiger partial charge is 0.240 e. The molecular formula is C18H19N3O3S. The van der Waals surface area contributed by atoms with E-state index < -0.39 is 10.0 Å². The zero-order chi connectivity index (χ0) is 17.9. The second kappa shape index (κ2) is 7.16. The molecule has 1 heterocycles. The van der Waals surface area contributed by atoms with E-state index in [0.717, 1.165) is 16.7 Å². The number of hydrogen-bond acceptors (Lipinski definition) is 5. The summed E-state index contributed by atoms with van der Waals surface area (Å²) in [5.74, 6) is 0.902. The zero-order valence-corrected chi connectivity index (χ0v) is 14.9. The largest absolute Gasteiger partial charge is 0.339 e. The van der Waals surface area contributed by atoms with Gasteiger partial charge in [-0.1, -0.05) is 47.1 Å². The van der Waals surface area contributed by atoms with Crippen LogP contribution in [-0.4, -0.2) is 25.1 Å². The third-order valence-electron chi connectivity index (χ3n) is 3.82. The van der Waals surface area contributed by atoms with Crippen LogP contribution in [0, 0.1) is 13.8 Å². The second-order valence-electron chi connectivity index (χ2n) is 5.79. The van der Waals surface area contributed by atoms with E-state index in [1.165, 1.54) is 0 Å². The molecule has 0 bridgehead atoms. The summed E-state index contributed by atoms with van der Waals surface area (Å²) in [7, 11) is -3.54. The van der Waals surface area contributed by atoms with Crippen LogP contribution >= 0.6 is 0 Å². The van der Waals surface area contributed by atoms with Crippen LogP contribution in [0.1, 0.15) is 17.0 Å². The standard InChI is InChI=1S/C18H19N3O3S/c1-13-7-9-15(10-8-13)25(22,23)19-12-11-17-20-18(21-24-17)16-6-4-3-5-14(16)2/h3-10,19H,11-12H2,1-2H3. The van der Waals surface area contributed by atoms with Gasteiger partial charge in [0.1, 0.15) is 0 Å². The minimum Gasteiger partial charge on any atom is -0.339 e. The number of benzene rings is 2. The zero-order valence-electron chi connectivity index (χ0n) is 14.1. The number of nitrogens with zero attached hydrogens (tertiary/aromatic N) is 2. The summed E-state index contributed by atoms with van der Waals surface area (Å²) in [6.45, 7) is 4.07. The van der Waals surface area contributed by atoms with Crippen molar-refractivity contribution in [3.8, 4) is 11.4 Å². The van der Waals surface area contributed by atoms with Crippen LogP contribution in [0.4, 0.5) is 0 Å². The molecule has 0 unspecified atom stereocenters. The van der Waals surface area contributed by atoms with Crippen molar-refractivity contribution < 1.29 is 12.9 Å². The molecule has 0 radical (unpaired) electrons. The Kier molecular flexibility index (Phi) is 4.96. The molecule has 130 valence electrons. The van der Waals surface area contributed by atoms with Gasteiger partial charge in [-0.25, -0.2) is 13.1 Å². The maximum atomic E-state index is 12.2. The number of nitrogens with one attached hydrogen (secondary N) is 1. The molecule has 25 heavy (non-hydrogen) atoms. The average Bonchev–Trinajstić information content (AvgIpc) is 3.04. The molecule has 0 fully saturated rings. The number of aromatic nitrogens is 2. The lowest BCUT2D eigenvalue weighted by Gasteiger charge is -2.05. The normalized spacial score (nSPS) is 11.6. The first-order chi connectivity index (χ1) is 12.0. The lowest BCUT2D eigenvalue weighted by molar-refractivity contribution is 0.379. The molecule has 1 N–H and O–H groups in total. The highest BCUT2D eigenvalue weighted by Crippen LogP contribution is 2.19. The van der Waals surface area contributed by atoms with Crippen LogP contribution in [0.15, 0.2) is 57.9 Å². The van der Waals surface area contributed by atoms with Crippen molar-refractivity contribution in [2.45, 2.75) is 25.2 Å². The summed E-state index contributed by atoms with van der Waals surface area (Å²) < 4.78 is 32.2. The van der Waals surface area contributed by atoms with Gasteiger partial charge in [-0.2, -0.15) is 4.98 Å². The van der Waals surface area contributed by atoms with Gasteiger partial charge in [0.05, 0.1) is 4.90 Å². The molecule has 0 amide bonds. The van der Waals surface area contributed by atoms with E-state index in [9.17, 15) is 8.42 Å². The van der Waals surface area contributed by atoms with Gasteiger partial charge in [-0.15, -0.1) is 0 Å². The van der Waals surface area contributed by atoms with Crippen LogP contribution < -0.4 is 4.72 Å². The van der Waals surface area contributed by atoms with Gasteiger partial charge in [0.2, 0.25) is 21.7 Å². The Morgan fingerprint density at radius 3 is 2.48 bits per heavy atom. The lowest BCUT2D eigenvalue weighted by atomic mass is 10.1. The van der Waals surface area contributed by atoms with Crippen molar-refractivity contribution in [1.29, 1.82) is 0 Å². The molecule has 2 aromatic carbocycles. The summed E-state index contributed by atoms with van der Waals surface area (Å²) in [5.41, 5.74) is 2.96. The Morgan fingerprint density at radius 2 is 1.76 bits per heavy atom. The van der Waals surface area contributed by atoms with Crippen LogP contribution in [0.25, 0.3) is 11.4 Å². The van der Waals surface area contributed by atoms with E-state index in [4.69, 9.17) is 4.52 Å². The highest BCUT2D eigenvalue weighted by Gasteiger charge is 2.15. The van der Waals surface area contributed by atoms with Crippen LogP contribution in [-0.2, 0) is 16.4 Å². The molecule has 0 aliphatic rings. The van der Waals surface area contributed by atoms with Gasteiger partial charge in [0.15, 0.2) is 0 Å². The first kappa shape index (κ1) is 17.3. The number of sulfonamides is 1. The molecule has 0 aliphatic heterocycles. The van der Waals surface area contributed by atoms with Gasteiger partial charge in [-0.3, -0.25) is 0 Å². The molecule has 0 spiro atoms. The summed E-state index contributed by atoms with van der Waals surface area (Å²) in [6, 6.07) is 14.4. The van der Waals surface area contributed by atoms with E-state index >= 15 is 0 Å². The molecule has 6 nitrogen and oxygen atoms in total. The molecule has 7 heteroatoms. The van der Waals surface area contributed by atoms with Crippen LogP contribution in [0.3, 0.4) is 0 Å². The Labute approximate surface area is 147 Å². The van der Waals surface area contributed by atoms with Gasteiger partial charge in [-0.05, 0) is 31.5 Å². The van der Waals surface area contributed by atoms with E-state index in [-0.39, 0.29) is 11.4 Å². The summed E-state index contributed by atoms with van der Waals surface area (Å²) in [4.78, 5) is 4.57. The molecule has 3 rings (SSSR count). The number of hydrogen-bond donors (Lipinski definition) is 1. The predicted octanol–water partition coefficient (Wildman–Crippen LogP) is 2.87. The van der Waals surface area contributed by atoms with Crippen molar-refractivity contribution in [2.75, 3.05) is 6.54 Å². The van der Waals surface area contributed by atoms with E-state index in [0.29, 0.717) is 18.1 Å². The summed E-state index contributed by atoms with van der Waals surface area (Å²) in [5, 5.41) is 3.97. The molecule has 0 saturated carbocycles. The highest BCUT2D eigenvalue weighted by molar-refractivity contribution is 7.89. The fourth-order valence-corrected chi connectivity index (χ4v) is 3.41. The summed E-state index contributed by atoms with van der Waals surface area (Å²) in [6.07, 6.45) is 0.323. The maximum Gasteiger partial charge on any atom is 0.240 e. The number of rotatable bonds is 6. The Bertz CT molecular complexity index is 963. The Balaban J connectivity index is 1.63. The van der Waals surface area contributed by atoms with Crippen molar-refractivity contribution in [2.24, 2.45) is 0 Å². The topological polar surface area (TPSA) is 85.1 Å². The molecule has 0 aliphatic carbocycles. The molecular weight excluding hydrogens is 338 g/mol. The van der Waals surface area contributed by atoms with Gasteiger partial charge < -0.3 is 4.52 Å². The monoisotopic (exact) mass is 357 g/mol. The van der Waals surface area contributed by atoms with Gasteiger partial charge >= 0.3 is 0 Å². The van der Waals surface area contributed by atoms with Crippen molar-refractivity contribution >= 4 is 10.0 Å². The third kappa shape index (κ3) is 4.12. The fourth-order valence-electron chi connectivity index (χ4n) is 2.38. The average molecular weight is 357 g/mol. The lowest BCUT2D eigenvalue weighted by Crippen LogP contribution is -2.26. The minimum atomic E-state index is -3.54. The van der Waals surface area contributed by atoms with E-state index in [1.807, 2.05) is 38.1 Å². The molecule has 3 aromatic rings. The van der Waals surface area contributed by atoms with E-state index in [2.05, 4.69) is 14.9 Å². The van der Waals surface area contributed by atoms with Gasteiger partial charge in [0.25, 0.3) is 0 Å². The summed E-state index contributed by atoms with van der Waals surface area (Å²) >= 11 is 0. The minimum absolute atomic E-state index is 0.186. The first-order valence-electron chi connectivity index (χ1n) is 7.90. The van der Waals surface area contributed by atoms with Crippen molar-refractivity contribution in [1.82, 2.24) is 14.9 Å². The van der Waals surface area contributed by atoms with Crippen molar-refractivity contribution in [3.63, 3.8) is 0 Å². The predicted molar refractivity (Wildman–Crippen MR) is 94.5 cm³/mol. The SMILES string of the molecule is Cc1ccc(S(=O)(=O)NCCc2nc(-c3ccccc3C)no2)cc1. The molecule has 1 aromatic heterocycles. The van der Waals surface area contributed by atoms with Crippen molar-refractivity contribution in [3.05, 3.63) is 65.5 Å². The quantitative estimate of drug-likeness (QED) is 0.733. The van der Waals surface area contributed by atoms with Crippen LogP contribution in [0.2, 0.25) is 0 Å². The third-order valence-corrected chi connectivity index (χ3v) is 5.29. The molecule has 0 saturated heterocycles. The fraction of sp³-hybridized carbons (Fsp3) is 0.222. The van der Waals surface area contributed by atoms with E-state index in [1.54, 1.807) is 24.3 Å². The Hall–Kier alpha value is -2.51. The molecule has 0 atom stereocenters. The second-order valence-corrected chi connectivity index (χ2v) is 7.55. The number of aryl methyl sites for hydroxylation is 2. The van der Waals surface area contributed by atoms with Crippen LogP contribution in [0.5, 0.6) is 0 Å². The van der Waals surface area contributed by atoms with Gasteiger partial charge in [0, 0.05) is 18.5 Å². The maximum absolute atomic E-state index is 12.2.